The molecule has 4 heteroatoms. The van der Waals surface area contributed by atoms with E-state index in [1.807, 2.05) is 0 Å². The van der Waals surface area contributed by atoms with Gasteiger partial charge in [0.15, 0.2) is 11.1 Å². The van der Waals surface area contributed by atoms with Gasteiger partial charge in [-0.05, 0) is 24.3 Å². The molecule has 0 heterocycles. The van der Waals surface area contributed by atoms with Crippen LogP contribution in [-0.4, -0.2) is 11.3 Å². The maximum absolute atomic E-state index is 11.0. The van der Waals surface area contributed by atoms with Crippen molar-refractivity contribution in [2.75, 3.05) is 7.11 Å². The van der Waals surface area contributed by atoms with E-state index in [1.54, 1.807) is 24.3 Å². The SMILES string of the molecule is CO[S@@](=O)c1ccc(Cl)cc1. The fourth-order valence-electron chi connectivity index (χ4n) is 0.642. The summed E-state index contributed by atoms with van der Waals surface area (Å²) in [7, 11) is 1.39. The van der Waals surface area contributed by atoms with Gasteiger partial charge < -0.3 is 0 Å². The first-order valence-corrected chi connectivity index (χ1v) is 4.41. The molecule has 11 heavy (non-hydrogen) atoms. The summed E-state index contributed by atoms with van der Waals surface area (Å²) in [6.45, 7) is 0. The van der Waals surface area contributed by atoms with Crippen LogP contribution in [-0.2, 0) is 15.3 Å². The van der Waals surface area contributed by atoms with E-state index in [0.717, 1.165) is 0 Å². The van der Waals surface area contributed by atoms with Crippen molar-refractivity contribution in [3.8, 4) is 0 Å². The Bertz CT molecular complexity index is 258. The molecule has 60 valence electrons. The first-order chi connectivity index (χ1) is 5.24. The Morgan fingerprint density at radius 3 is 2.36 bits per heavy atom. The lowest BCUT2D eigenvalue weighted by atomic mass is 10.4. The minimum Gasteiger partial charge on any atom is -0.290 e. The highest BCUT2D eigenvalue weighted by molar-refractivity contribution is 7.80. The molecular formula is C7H7ClO2S. The molecule has 2 nitrogen and oxygen atoms in total. The third-order valence-electron chi connectivity index (χ3n) is 1.16. The van der Waals surface area contributed by atoms with Crippen molar-refractivity contribution in [3.63, 3.8) is 0 Å². The van der Waals surface area contributed by atoms with Crippen LogP contribution in [0.25, 0.3) is 0 Å². The van der Waals surface area contributed by atoms with Gasteiger partial charge >= 0.3 is 0 Å². The molecule has 0 aliphatic rings. The topological polar surface area (TPSA) is 26.3 Å². The van der Waals surface area contributed by atoms with Crippen LogP contribution in [0.5, 0.6) is 0 Å². The summed E-state index contributed by atoms with van der Waals surface area (Å²) in [5.41, 5.74) is 0. The van der Waals surface area contributed by atoms with E-state index in [0.29, 0.717) is 9.92 Å². The predicted octanol–water partition coefficient (Wildman–Crippen LogP) is 2.01. The van der Waals surface area contributed by atoms with Crippen molar-refractivity contribution in [2.24, 2.45) is 0 Å². The Balaban J connectivity index is 2.90. The van der Waals surface area contributed by atoms with Gasteiger partial charge in [0.1, 0.15) is 0 Å². The second kappa shape index (κ2) is 3.85. The van der Waals surface area contributed by atoms with Gasteiger partial charge in [0.2, 0.25) is 0 Å². The smallest absolute Gasteiger partial charge is 0.188 e. The van der Waals surface area contributed by atoms with Crippen LogP contribution in [0.3, 0.4) is 0 Å². The van der Waals surface area contributed by atoms with Crippen molar-refractivity contribution < 1.29 is 8.39 Å². The Kier molecular flexibility index (Phi) is 3.05. The van der Waals surface area contributed by atoms with Crippen molar-refractivity contribution in [3.05, 3.63) is 29.3 Å². The monoisotopic (exact) mass is 190 g/mol. The summed E-state index contributed by atoms with van der Waals surface area (Å²) in [5, 5.41) is 0.627. The molecule has 0 fully saturated rings. The van der Waals surface area contributed by atoms with E-state index in [4.69, 9.17) is 11.6 Å². The number of rotatable bonds is 2. The first-order valence-electron chi connectivity index (χ1n) is 2.96. The maximum Gasteiger partial charge on any atom is 0.188 e. The van der Waals surface area contributed by atoms with Crippen LogP contribution in [0.1, 0.15) is 0 Å². The van der Waals surface area contributed by atoms with E-state index >= 15 is 0 Å². The number of benzene rings is 1. The largest absolute Gasteiger partial charge is 0.290 e. The van der Waals surface area contributed by atoms with Gasteiger partial charge in [0, 0.05) is 5.02 Å². The summed E-state index contributed by atoms with van der Waals surface area (Å²) in [5.74, 6) is 0. The van der Waals surface area contributed by atoms with Crippen LogP contribution >= 0.6 is 11.6 Å². The third-order valence-corrected chi connectivity index (χ3v) is 2.37. The highest BCUT2D eigenvalue weighted by atomic mass is 35.5. The summed E-state index contributed by atoms with van der Waals surface area (Å²) in [6.07, 6.45) is 0. The fraction of sp³-hybridized carbons (Fsp3) is 0.143. The highest BCUT2D eigenvalue weighted by Gasteiger charge is 1.99. The van der Waals surface area contributed by atoms with E-state index < -0.39 is 11.1 Å². The Labute approximate surface area is 72.8 Å². The highest BCUT2D eigenvalue weighted by Crippen LogP contribution is 2.12. The zero-order chi connectivity index (χ0) is 8.27. The summed E-state index contributed by atoms with van der Waals surface area (Å²) < 4.78 is 15.6. The van der Waals surface area contributed by atoms with Gasteiger partial charge in [-0.25, -0.2) is 4.21 Å². The van der Waals surface area contributed by atoms with Crippen molar-refractivity contribution in [2.45, 2.75) is 4.90 Å². The third kappa shape index (κ3) is 2.29. The molecule has 0 bridgehead atoms. The Morgan fingerprint density at radius 2 is 1.91 bits per heavy atom. The van der Waals surface area contributed by atoms with Gasteiger partial charge in [-0.3, -0.25) is 4.18 Å². The number of halogens is 1. The van der Waals surface area contributed by atoms with Crippen LogP contribution in [0.4, 0.5) is 0 Å². The molecule has 0 unspecified atom stereocenters. The molecule has 0 N–H and O–H groups in total. The number of hydrogen-bond acceptors (Lipinski definition) is 2. The zero-order valence-electron chi connectivity index (χ0n) is 5.91. The average molecular weight is 191 g/mol. The molecule has 0 aromatic heterocycles. The second-order valence-electron chi connectivity index (χ2n) is 1.86. The molecule has 0 saturated carbocycles. The summed E-state index contributed by atoms with van der Waals surface area (Å²) in [4.78, 5) is 0.622. The molecule has 0 radical (unpaired) electrons. The van der Waals surface area contributed by atoms with Crippen LogP contribution < -0.4 is 0 Å². The molecule has 0 aliphatic carbocycles. The van der Waals surface area contributed by atoms with Crippen LogP contribution in [0, 0.1) is 0 Å². The normalized spacial score (nSPS) is 12.9. The lowest BCUT2D eigenvalue weighted by Crippen LogP contribution is -1.91. The predicted molar refractivity (Wildman–Crippen MR) is 44.9 cm³/mol. The van der Waals surface area contributed by atoms with E-state index in [1.165, 1.54) is 7.11 Å². The molecule has 1 rings (SSSR count). The maximum atomic E-state index is 11.0. The summed E-state index contributed by atoms with van der Waals surface area (Å²) >= 11 is 4.26. The van der Waals surface area contributed by atoms with E-state index in [2.05, 4.69) is 4.18 Å². The standard InChI is InChI=1S/C7H7ClO2S/c1-10-11(9)7-4-2-6(8)3-5-7/h2-5H,1H3/t11-/m1/s1. The second-order valence-corrected chi connectivity index (χ2v) is 3.57. The van der Waals surface area contributed by atoms with Gasteiger partial charge in [-0.1, -0.05) is 11.6 Å². The van der Waals surface area contributed by atoms with Crippen molar-refractivity contribution in [1.29, 1.82) is 0 Å². The Morgan fingerprint density at radius 1 is 1.36 bits per heavy atom. The first kappa shape index (κ1) is 8.71. The number of hydrogen-bond donors (Lipinski definition) is 0. The van der Waals surface area contributed by atoms with Gasteiger partial charge in [0.25, 0.3) is 0 Å². The zero-order valence-corrected chi connectivity index (χ0v) is 7.48. The van der Waals surface area contributed by atoms with Crippen LogP contribution in [0.2, 0.25) is 5.02 Å². The molecular weight excluding hydrogens is 184 g/mol. The van der Waals surface area contributed by atoms with Gasteiger partial charge in [0.05, 0.1) is 12.0 Å². The summed E-state index contributed by atoms with van der Waals surface area (Å²) in [6, 6.07) is 6.69. The molecule has 0 amide bonds. The lowest BCUT2D eigenvalue weighted by Gasteiger charge is -1.96. The van der Waals surface area contributed by atoms with Crippen LogP contribution in [0.15, 0.2) is 29.2 Å². The lowest BCUT2D eigenvalue weighted by molar-refractivity contribution is 0.446. The minimum absolute atomic E-state index is 0.622. The molecule has 1 aromatic carbocycles. The van der Waals surface area contributed by atoms with Crippen molar-refractivity contribution >= 4 is 22.7 Å². The quantitative estimate of drug-likeness (QED) is 0.713. The van der Waals surface area contributed by atoms with Crippen molar-refractivity contribution in [1.82, 2.24) is 0 Å². The van der Waals surface area contributed by atoms with Gasteiger partial charge in [-0.15, -0.1) is 0 Å². The molecule has 1 atom stereocenters. The fourth-order valence-corrected chi connectivity index (χ4v) is 1.32. The minimum atomic E-state index is -1.36. The van der Waals surface area contributed by atoms with E-state index in [9.17, 15) is 4.21 Å². The Hall–Kier alpha value is -0.380. The molecule has 1 aromatic rings. The average Bonchev–Trinajstić information content (AvgIpc) is 2.05. The molecule has 0 aliphatic heterocycles. The molecule has 0 spiro atoms. The van der Waals surface area contributed by atoms with E-state index in [-0.39, 0.29) is 0 Å². The molecule has 0 saturated heterocycles. The van der Waals surface area contributed by atoms with Gasteiger partial charge in [-0.2, -0.15) is 0 Å².